The molecule has 0 fully saturated rings. The summed E-state index contributed by atoms with van der Waals surface area (Å²) in [6.07, 6.45) is 0. The molecule has 0 radical (unpaired) electrons. The monoisotopic (exact) mass is 346 g/mol. The van der Waals surface area contributed by atoms with Crippen LogP contribution in [0.1, 0.15) is 11.1 Å². The summed E-state index contributed by atoms with van der Waals surface area (Å²) in [5, 5.41) is 22.1. The average Bonchev–Trinajstić information content (AvgIpc) is 2.51. The molecular formula is C15H14N4O4S. The minimum atomic E-state index is -0.764. The molecule has 0 atom stereocenters. The Morgan fingerprint density at radius 2 is 1.17 bits per heavy atom. The Morgan fingerprint density at radius 1 is 0.833 bits per heavy atom. The molecule has 0 aliphatic rings. The third-order valence-electron chi connectivity index (χ3n) is 3.38. The summed E-state index contributed by atoms with van der Waals surface area (Å²) in [6, 6.07) is 12.9. The lowest BCUT2D eigenvalue weighted by Gasteiger charge is -2.21. The minimum absolute atomic E-state index is 0.174. The quantitative estimate of drug-likeness (QED) is 0.476. The first-order chi connectivity index (χ1) is 11.3. The fourth-order valence-electron chi connectivity index (χ4n) is 2.21. The molecule has 0 unspecified atom stereocenters. The molecule has 0 aromatic heterocycles. The van der Waals surface area contributed by atoms with Crippen molar-refractivity contribution in [3.8, 4) is 0 Å². The smallest absolute Gasteiger partial charge is 0.234 e. The van der Waals surface area contributed by atoms with E-state index in [4.69, 9.17) is 12.2 Å². The van der Waals surface area contributed by atoms with Crippen molar-refractivity contribution in [1.82, 2.24) is 0 Å². The van der Waals surface area contributed by atoms with Crippen molar-refractivity contribution in [3.05, 3.63) is 79.9 Å². The molecular weight excluding hydrogens is 332 g/mol. The number of hydrogen-bond donors (Lipinski definition) is 0. The minimum Gasteiger partial charge on any atom is -0.234 e. The van der Waals surface area contributed by atoms with Crippen LogP contribution < -0.4 is 10.0 Å². The first kappa shape index (κ1) is 17.3. The Hall–Kier alpha value is -3.07. The van der Waals surface area contributed by atoms with Gasteiger partial charge >= 0.3 is 5.11 Å². The van der Waals surface area contributed by atoms with Gasteiger partial charge in [0.2, 0.25) is 0 Å². The Kier molecular flexibility index (Phi) is 5.05. The van der Waals surface area contributed by atoms with Crippen molar-refractivity contribution in [2.24, 2.45) is 0 Å². The highest BCUT2D eigenvalue weighted by molar-refractivity contribution is 7.80. The summed E-state index contributed by atoms with van der Waals surface area (Å²) in [5.41, 5.74) is 1.50. The van der Waals surface area contributed by atoms with Gasteiger partial charge in [0, 0.05) is 0 Å². The summed E-state index contributed by atoms with van der Waals surface area (Å²) in [7, 11) is 0. The summed E-state index contributed by atoms with van der Waals surface area (Å²) in [5.74, 6) is 0. The van der Waals surface area contributed by atoms with Crippen molar-refractivity contribution in [1.29, 1.82) is 0 Å². The van der Waals surface area contributed by atoms with Crippen LogP contribution in [0.5, 0.6) is 0 Å². The first-order valence-electron chi connectivity index (χ1n) is 6.88. The van der Waals surface area contributed by atoms with Gasteiger partial charge in [-0.2, -0.15) is 0 Å². The van der Waals surface area contributed by atoms with Gasteiger partial charge in [0.05, 0.1) is 0 Å². The van der Waals surface area contributed by atoms with Crippen LogP contribution in [-0.2, 0) is 0 Å². The van der Waals surface area contributed by atoms with Crippen molar-refractivity contribution in [2.75, 3.05) is 10.0 Å². The third-order valence-corrected chi connectivity index (χ3v) is 3.72. The highest BCUT2D eigenvalue weighted by Crippen LogP contribution is 2.25. The second-order valence-electron chi connectivity index (χ2n) is 4.95. The lowest BCUT2D eigenvalue weighted by Crippen LogP contribution is -2.49. The van der Waals surface area contributed by atoms with E-state index in [2.05, 4.69) is 0 Å². The molecule has 2 aromatic rings. The summed E-state index contributed by atoms with van der Waals surface area (Å²) >= 11 is 5.10. The largest absolute Gasteiger partial charge is 0.309 e. The van der Waals surface area contributed by atoms with E-state index in [9.17, 15) is 20.2 Å². The molecule has 0 heterocycles. The van der Waals surface area contributed by atoms with Gasteiger partial charge in [-0.15, -0.1) is 0 Å². The summed E-state index contributed by atoms with van der Waals surface area (Å²) < 4.78 is 0. The van der Waals surface area contributed by atoms with Gasteiger partial charge in [-0.05, 0) is 59.3 Å². The van der Waals surface area contributed by atoms with Gasteiger partial charge in [-0.3, -0.25) is 0 Å². The van der Waals surface area contributed by atoms with Crippen molar-refractivity contribution >= 4 is 28.7 Å². The number of nitro groups is 2. The maximum Gasteiger partial charge on any atom is 0.309 e. The van der Waals surface area contributed by atoms with Crippen LogP contribution >= 0.6 is 12.2 Å². The fraction of sp³-hybridized carbons (Fsp3) is 0.133. The molecule has 0 spiro atoms. The highest BCUT2D eigenvalue weighted by Gasteiger charge is 2.37. The molecule has 0 amide bonds. The zero-order valence-electron chi connectivity index (χ0n) is 12.9. The summed E-state index contributed by atoms with van der Waals surface area (Å²) in [6.45, 7) is 3.33. The van der Waals surface area contributed by atoms with E-state index in [1.54, 1.807) is 50.2 Å². The number of aryl methyl sites for hydroxylation is 2. The molecule has 2 aromatic carbocycles. The van der Waals surface area contributed by atoms with E-state index < -0.39 is 15.2 Å². The molecule has 124 valence electrons. The van der Waals surface area contributed by atoms with E-state index in [1.165, 1.54) is 12.1 Å². The van der Waals surface area contributed by atoms with E-state index in [0.29, 0.717) is 21.1 Å². The third kappa shape index (κ3) is 3.30. The van der Waals surface area contributed by atoms with Gasteiger partial charge in [0.25, 0.3) is 0 Å². The number of benzene rings is 2. The van der Waals surface area contributed by atoms with Gasteiger partial charge in [-0.25, -0.2) is 20.2 Å². The number of thiocarbonyl (C=S) groups is 1. The molecule has 0 saturated carbocycles. The number of nitrogens with zero attached hydrogens (tertiary/aromatic N) is 4. The zero-order chi connectivity index (χ0) is 17.9. The number of anilines is 2. The normalized spacial score (nSPS) is 10.1. The van der Waals surface area contributed by atoms with Crippen LogP contribution in [0.4, 0.5) is 11.4 Å². The molecule has 0 saturated heterocycles. The number of hydrogen-bond acceptors (Lipinski definition) is 5. The molecule has 8 nitrogen and oxygen atoms in total. The topological polar surface area (TPSA) is 92.8 Å². The van der Waals surface area contributed by atoms with Gasteiger partial charge in [-0.1, -0.05) is 36.4 Å². The predicted octanol–water partition coefficient (Wildman–Crippen LogP) is 3.28. The molecule has 0 bridgehead atoms. The molecule has 9 heteroatoms. The lowest BCUT2D eigenvalue weighted by atomic mass is 10.2. The number of para-hydroxylation sites is 2. The Balaban J connectivity index is 2.55. The van der Waals surface area contributed by atoms with E-state index in [1.807, 2.05) is 0 Å². The van der Waals surface area contributed by atoms with Crippen LogP contribution in [-0.4, -0.2) is 15.2 Å². The molecule has 0 aliphatic heterocycles. The molecule has 0 N–H and O–H groups in total. The van der Waals surface area contributed by atoms with Crippen molar-refractivity contribution < 1.29 is 10.1 Å². The van der Waals surface area contributed by atoms with Crippen LogP contribution in [0.25, 0.3) is 0 Å². The van der Waals surface area contributed by atoms with Crippen LogP contribution in [0.3, 0.4) is 0 Å². The predicted molar refractivity (Wildman–Crippen MR) is 93.9 cm³/mol. The molecule has 24 heavy (non-hydrogen) atoms. The summed E-state index contributed by atoms with van der Waals surface area (Å²) in [4.78, 5) is 23.1. The van der Waals surface area contributed by atoms with Gasteiger partial charge in [0.1, 0.15) is 11.4 Å². The van der Waals surface area contributed by atoms with E-state index in [0.717, 1.165) is 0 Å². The van der Waals surface area contributed by atoms with E-state index >= 15 is 0 Å². The Morgan fingerprint density at radius 3 is 1.46 bits per heavy atom. The highest BCUT2D eigenvalue weighted by atomic mass is 32.1. The number of hydrazine groups is 2. The van der Waals surface area contributed by atoms with Crippen LogP contribution in [0.2, 0.25) is 0 Å². The average molecular weight is 346 g/mol. The second kappa shape index (κ2) is 7.01. The van der Waals surface area contributed by atoms with Crippen LogP contribution in [0.15, 0.2) is 48.5 Å². The first-order valence-corrected chi connectivity index (χ1v) is 7.29. The standard InChI is InChI=1S/C15H14N4O4S/c1-11-7-3-5-9-13(11)16(18(20)21)15(24)17(19(22)23)14-10-6-4-8-12(14)2/h3-10H,1-2H3. The fourth-order valence-corrected chi connectivity index (χ4v) is 2.54. The number of rotatable bonds is 4. The Bertz CT molecular complexity index is 746. The van der Waals surface area contributed by atoms with Crippen molar-refractivity contribution in [2.45, 2.75) is 13.8 Å². The van der Waals surface area contributed by atoms with Gasteiger partial charge < -0.3 is 0 Å². The SMILES string of the molecule is Cc1ccccc1N(C(=S)N(c1ccccc1C)[N+](=O)[O-])[N+](=O)[O-]. The lowest BCUT2D eigenvalue weighted by molar-refractivity contribution is -0.496. The maximum atomic E-state index is 11.5. The second-order valence-corrected chi connectivity index (χ2v) is 5.32. The molecule has 0 aliphatic carbocycles. The van der Waals surface area contributed by atoms with Crippen molar-refractivity contribution in [3.63, 3.8) is 0 Å². The zero-order valence-corrected chi connectivity index (χ0v) is 13.8. The maximum absolute atomic E-state index is 11.5. The molecule has 2 rings (SSSR count). The Labute approximate surface area is 143 Å². The van der Waals surface area contributed by atoms with Crippen LogP contribution in [0, 0.1) is 34.1 Å². The van der Waals surface area contributed by atoms with E-state index in [-0.39, 0.29) is 11.4 Å². The van der Waals surface area contributed by atoms with Gasteiger partial charge in [0.15, 0.2) is 10.1 Å².